The van der Waals surface area contributed by atoms with E-state index in [1.807, 2.05) is 6.07 Å². The van der Waals surface area contributed by atoms with Gasteiger partial charge in [0.2, 0.25) is 0 Å². The second-order valence-corrected chi connectivity index (χ2v) is 4.56. The third-order valence-electron chi connectivity index (χ3n) is 3.16. The molecule has 0 bridgehead atoms. The molecule has 1 saturated carbocycles. The zero-order valence-corrected chi connectivity index (χ0v) is 9.41. The second-order valence-electron chi connectivity index (χ2n) is 4.56. The Morgan fingerprint density at radius 1 is 1.25 bits per heavy atom. The highest BCUT2D eigenvalue weighted by Gasteiger charge is 2.30. The molecule has 1 aliphatic rings. The van der Waals surface area contributed by atoms with Crippen LogP contribution in [-0.4, -0.2) is 22.4 Å². The molecule has 90 valence electrons. The topological polar surface area (TPSA) is 65.6 Å². The molecule has 3 N–H and O–H groups in total. The van der Waals surface area contributed by atoms with Crippen LogP contribution in [0.3, 0.4) is 0 Å². The van der Waals surface area contributed by atoms with Crippen LogP contribution in [-0.2, 0) is 13.2 Å². The van der Waals surface area contributed by atoms with E-state index in [-0.39, 0.29) is 6.61 Å². The molecule has 0 unspecified atom stereocenters. The molecular weight excluding hydrogens is 206 g/mol. The maximum absolute atomic E-state index is 10.1. The van der Waals surface area contributed by atoms with Crippen LogP contribution in [0.2, 0.25) is 0 Å². The molecule has 0 radical (unpaired) electrons. The smallest absolute Gasteiger partial charge is 0.129 e. The standard InChI is InChI=1S/C12H19NO3/c14-8-11-4-3-10(16-11)7-13-9-12(15)5-1-2-6-12/h3-4,13-15H,1-2,5-9H2. The molecule has 0 spiro atoms. The number of hydrogen-bond donors (Lipinski definition) is 3. The van der Waals surface area contributed by atoms with Gasteiger partial charge in [0.05, 0.1) is 12.1 Å². The van der Waals surface area contributed by atoms with Crippen molar-refractivity contribution < 1.29 is 14.6 Å². The van der Waals surface area contributed by atoms with Crippen LogP contribution in [0.5, 0.6) is 0 Å². The van der Waals surface area contributed by atoms with Gasteiger partial charge in [0.15, 0.2) is 0 Å². The Kier molecular flexibility index (Phi) is 3.63. The van der Waals surface area contributed by atoms with Gasteiger partial charge in [0.25, 0.3) is 0 Å². The van der Waals surface area contributed by atoms with Crippen molar-refractivity contribution in [3.05, 3.63) is 23.7 Å². The summed E-state index contributed by atoms with van der Waals surface area (Å²) in [5.74, 6) is 1.38. The SMILES string of the molecule is OCc1ccc(CNCC2(O)CCCC2)o1. The van der Waals surface area contributed by atoms with Gasteiger partial charge in [0.1, 0.15) is 18.1 Å². The van der Waals surface area contributed by atoms with E-state index in [9.17, 15) is 5.11 Å². The molecule has 16 heavy (non-hydrogen) atoms. The fourth-order valence-corrected chi connectivity index (χ4v) is 2.23. The first-order chi connectivity index (χ1) is 7.72. The maximum atomic E-state index is 10.1. The van der Waals surface area contributed by atoms with Gasteiger partial charge in [-0.15, -0.1) is 0 Å². The predicted octanol–water partition coefficient (Wildman–Crippen LogP) is 1.17. The largest absolute Gasteiger partial charge is 0.462 e. The van der Waals surface area contributed by atoms with Crippen molar-refractivity contribution >= 4 is 0 Å². The van der Waals surface area contributed by atoms with Crippen LogP contribution in [0.1, 0.15) is 37.2 Å². The molecule has 2 rings (SSSR count). The fraction of sp³-hybridized carbons (Fsp3) is 0.667. The van der Waals surface area contributed by atoms with Crippen molar-refractivity contribution in [2.75, 3.05) is 6.54 Å². The van der Waals surface area contributed by atoms with E-state index in [2.05, 4.69) is 5.32 Å². The van der Waals surface area contributed by atoms with Crippen molar-refractivity contribution in [1.29, 1.82) is 0 Å². The lowest BCUT2D eigenvalue weighted by Gasteiger charge is -2.22. The molecule has 1 heterocycles. The minimum Gasteiger partial charge on any atom is -0.462 e. The number of furan rings is 1. The predicted molar refractivity (Wildman–Crippen MR) is 59.8 cm³/mol. The minimum atomic E-state index is -0.521. The molecule has 1 fully saturated rings. The van der Waals surface area contributed by atoms with Gasteiger partial charge in [-0.3, -0.25) is 0 Å². The number of rotatable bonds is 5. The number of nitrogens with one attached hydrogen (secondary N) is 1. The van der Waals surface area contributed by atoms with Crippen LogP contribution in [0.15, 0.2) is 16.5 Å². The van der Waals surface area contributed by atoms with E-state index in [0.717, 1.165) is 31.4 Å². The van der Waals surface area contributed by atoms with Crippen LogP contribution < -0.4 is 5.32 Å². The van der Waals surface area contributed by atoms with Gasteiger partial charge in [-0.2, -0.15) is 0 Å². The monoisotopic (exact) mass is 225 g/mol. The van der Waals surface area contributed by atoms with Gasteiger partial charge in [-0.05, 0) is 25.0 Å². The summed E-state index contributed by atoms with van der Waals surface area (Å²) in [5.41, 5.74) is -0.521. The average molecular weight is 225 g/mol. The Balaban J connectivity index is 1.75. The van der Waals surface area contributed by atoms with Gasteiger partial charge >= 0.3 is 0 Å². The fourth-order valence-electron chi connectivity index (χ4n) is 2.23. The molecule has 4 heteroatoms. The summed E-state index contributed by atoms with van der Waals surface area (Å²) in [6.07, 6.45) is 4.02. The zero-order chi connectivity index (χ0) is 11.4. The maximum Gasteiger partial charge on any atom is 0.129 e. The van der Waals surface area contributed by atoms with E-state index < -0.39 is 5.60 Å². The molecule has 1 aromatic heterocycles. The first kappa shape index (κ1) is 11.6. The van der Waals surface area contributed by atoms with Crippen LogP contribution in [0.4, 0.5) is 0 Å². The third-order valence-corrected chi connectivity index (χ3v) is 3.16. The lowest BCUT2D eigenvalue weighted by Crippen LogP contribution is -2.37. The normalized spacial score (nSPS) is 19.1. The minimum absolute atomic E-state index is 0.0655. The number of aliphatic hydroxyl groups excluding tert-OH is 1. The summed E-state index contributed by atoms with van der Waals surface area (Å²) >= 11 is 0. The van der Waals surface area contributed by atoms with E-state index in [4.69, 9.17) is 9.52 Å². The molecular formula is C12H19NO3. The summed E-state index contributed by atoms with van der Waals surface area (Å²) in [7, 11) is 0. The summed E-state index contributed by atoms with van der Waals surface area (Å²) in [6, 6.07) is 3.61. The molecule has 1 aromatic rings. The highest BCUT2D eigenvalue weighted by molar-refractivity contribution is 5.06. The van der Waals surface area contributed by atoms with Crippen molar-refractivity contribution in [2.24, 2.45) is 0 Å². The van der Waals surface area contributed by atoms with Gasteiger partial charge in [-0.25, -0.2) is 0 Å². The summed E-state index contributed by atoms with van der Waals surface area (Å²) < 4.78 is 5.34. The van der Waals surface area contributed by atoms with E-state index in [1.54, 1.807) is 6.07 Å². The highest BCUT2D eigenvalue weighted by atomic mass is 16.4. The van der Waals surface area contributed by atoms with Gasteiger partial charge < -0.3 is 19.9 Å². The molecule has 0 aromatic carbocycles. The molecule has 0 saturated heterocycles. The van der Waals surface area contributed by atoms with E-state index in [1.165, 1.54) is 0 Å². The first-order valence-corrected chi connectivity index (χ1v) is 5.83. The Bertz CT molecular complexity index is 329. The van der Waals surface area contributed by atoms with E-state index >= 15 is 0 Å². The number of hydrogen-bond acceptors (Lipinski definition) is 4. The van der Waals surface area contributed by atoms with Crippen molar-refractivity contribution in [3.63, 3.8) is 0 Å². The van der Waals surface area contributed by atoms with Crippen LogP contribution in [0, 0.1) is 0 Å². The Morgan fingerprint density at radius 3 is 2.56 bits per heavy atom. The summed E-state index contributed by atoms with van der Waals surface area (Å²) in [6.45, 7) is 1.15. The van der Waals surface area contributed by atoms with Gasteiger partial charge in [-0.1, -0.05) is 12.8 Å². The molecule has 1 aliphatic carbocycles. The van der Waals surface area contributed by atoms with Crippen LogP contribution >= 0.6 is 0 Å². The summed E-state index contributed by atoms with van der Waals surface area (Å²) in [4.78, 5) is 0. The van der Waals surface area contributed by atoms with Gasteiger partial charge in [0, 0.05) is 6.54 Å². The number of aliphatic hydroxyl groups is 2. The van der Waals surface area contributed by atoms with Crippen molar-refractivity contribution in [1.82, 2.24) is 5.32 Å². The quantitative estimate of drug-likeness (QED) is 0.703. The lowest BCUT2D eigenvalue weighted by atomic mass is 10.0. The van der Waals surface area contributed by atoms with E-state index in [0.29, 0.717) is 18.8 Å². The Labute approximate surface area is 95.3 Å². The molecule has 0 amide bonds. The van der Waals surface area contributed by atoms with Crippen molar-refractivity contribution in [3.8, 4) is 0 Å². The zero-order valence-electron chi connectivity index (χ0n) is 9.41. The molecule has 4 nitrogen and oxygen atoms in total. The Morgan fingerprint density at radius 2 is 1.94 bits per heavy atom. The summed E-state index contributed by atoms with van der Waals surface area (Å²) in [5, 5.41) is 22.1. The average Bonchev–Trinajstić information content (AvgIpc) is 2.88. The van der Waals surface area contributed by atoms with Crippen LogP contribution in [0.25, 0.3) is 0 Å². The third kappa shape index (κ3) is 2.84. The Hall–Kier alpha value is -0.840. The van der Waals surface area contributed by atoms with Crippen molar-refractivity contribution in [2.45, 2.75) is 44.4 Å². The second kappa shape index (κ2) is 4.99. The molecule has 0 aliphatic heterocycles. The first-order valence-electron chi connectivity index (χ1n) is 5.83. The lowest BCUT2D eigenvalue weighted by molar-refractivity contribution is 0.0470. The molecule has 0 atom stereocenters. The highest BCUT2D eigenvalue weighted by Crippen LogP contribution is 2.28.